The van der Waals surface area contributed by atoms with Crippen molar-refractivity contribution in [2.75, 3.05) is 0 Å². The Balaban J connectivity index is 0.000000197. The molecule has 2 saturated heterocycles. The Morgan fingerprint density at radius 3 is 1.87 bits per heavy atom. The van der Waals surface area contributed by atoms with Crippen molar-refractivity contribution in [3.8, 4) is 0 Å². The van der Waals surface area contributed by atoms with Crippen LogP contribution in [0.25, 0.3) is 0 Å². The van der Waals surface area contributed by atoms with E-state index in [9.17, 15) is 30.0 Å². The number of aryl methyl sites for hydroxylation is 2. The molecule has 6 rings (SSSR count). The van der Waals surface area contributed by atoms with Crippen LogP contribution in [0.3, 0.4) is 0 Å². The summed E-state index contributed by atoms with van der Waals surface area (Å²) in [6, 6.07) is 20.2. The largest absolute Gasteiger partial charge is 0.462 e. The van der Waals surface area contributed by atoms with Crippen molar-refractivity contribution in [1.82, 2.24) is 0 Å². The zero-order valence-corrected chi connectivity index (χ0v) is 32.8. The fraction of sp³-hybridized carbons (Fsp3) is 0.556. The molecule has 4 fully saturated rings. The van der Waals surface area contributed by atoms with Crippen LogP contribution in [-0.4, -0.2) is 69.0 Å². The third kappa shape index (κ3) is 12.2. The molecule has 8 nitrogen and oxygen atoms in total. The Morgan fingerprint density at radius 2 is 1.28 bits per heavy atom. The van der Waals surface area contributed by atoms with Crippen molar-refractivity contribution >= 4 is 49.2 Å². The van der Waals surface area contributed by atoms with Gasteiger partial charge in [-0.05, 0) is 55.6 Å². The first-order chi connectivity index (χ1) is 22.7. The number of carbonyl (C=O) groups excluding carboxylic acids is 2. The minimum Gasteiger partial charge on any atom is -0.462 e. The molecule has 2 saturated carbocycles. The molecule has 47 heavy (non-hydrogen) atoms. The van der Waals surface area contributed by atoms with Crippen molar-refractivity contribution in [3.05, 3.63) is 83.9 Å². The first-order valence-corrected chi connectivity index (χ1v) is 29.0. The molecular formula is C36H46I3O8-. The molecule has 0 amide bonds. The normalized spacial score (nSPS) is 30.4. The number of ether oxygens (including phenoxy) is 2. The summed E-state index contributed by atoms with van der Waals surface area (Å²) in [5.74, 6) is -0.129. The van der Waals surface area contributed by atoms with Gasteiger partial charge in [-0.25, -0.2) is 0 Å². The number of hydrogen-bond acceptors (Lipinski definition) is 8. The van der Waals surface area contributed by atoms with Crippen molar-refractivity contribution in [3.63, 3.8) is 0 Å². The number of aliphatic hydroxyl groups excluding tert-OH is 4. The Morgan fingerprint density at radius 1 is 0.766 bits per heavy atom. The molecule has 0 unspecified atom stereocenters. The van der Waals surface area contributed by atoms with E-state index in [0.29, 0.717) is 51.8 Å². The topological polar surface area (TPSA) is 134 Å². The van der Waals surface area contributed by atoms with Gasteiger partial charge in [-0.3, -0.25) is 9.59 Å². The number of benzene rings is 2. The van der Waals surface area contributed by atoms with Crippen molar-refractivity contribution < 1.29 is 52.7 Å². The monoisotopic (exact) mass is 987 g/mol. The summed E-state index contributed by atoms with van der Waals surface area (Å²) in [6.07, 6.45) is 7.93. The molecule has 2 aliphatic heterocycles. The van der Waals surface area contributed by atoms with Crippen molar-refractivity contribution in [1.29, 1.82) is 0 Å². The smallest absolute Gasteiger partial charge is 0.306 e. The fourth-order valence-electron chi connectivity index (χ4n) is 7.39. The van der Waals surface area contributed by atoms with Gasteiger partial charge in [0.05, 0.1) is 37.3 Å². The van der Waals surface area contributed by atoms with E-state index in [1.807, 2.05) is 54.6 Å². The summed E-state index contributed by atoms with van der Waals surface area (Å²) < 4.78 is 10.4. The Labute approximate surface area is 307 Å². The maximum atomic E-state index is 11.4. The maximum Gasteiger partial charge on any atom is 0.306 e. The second-order valence-electron chi connectivity index (χ2n) is 12.9. The van der Waals surface area contributed by atoms with Gasteiger partial charge in [0.2, 0.25) is 0 Å². The Bertz CT molecular complexity index is 1270. The predicted octanol–water partition coefficient (Wildman–Crippen LogP) is 2.70. The van der Waals surface area contributed by atoms with Gasteiger partial charge in [-0.15, -0.1) is 0 Å². The number of fused-ring (bicyclic) bond motifs is 2. The molecule has 0 spiro atoms. The second-order valence-corrected chi connectivity index (χ2v) is 29.2. The Kier molecular flexibility index (Phi) is 16.7. The number of aliphatic hydroxyl groups is 4. The van der Waals surface area contributed by atoms with E-state index < -0.39 is 18.3 Å². The maximum absolute atomic E-state index is 11.4. The van der Waals surface area contributed by atoms with E-state index in [1.165, 1.54) is 11.1 Å². The number of rotatable bonds is 11. The van der Waals surface area contributed by atoms with Gasteiger partial charge in [0.25, 0.3) is 0 Å². The molecule has 0 aromatic heterocycles. The molecule has 11 heteroatoms. The third-order valence-corrected chi connectivity index (χ3v) is 9.83. The van der Waals surface area contributed by atoms with Gasteiger partial charge in [-0.1, -0.05) is 72.8 Å². The SMILES string of the molecule is I[I-]I.O=C1C[C@@H]2[C@@H](/C=C/[C@@H](O)CCc3ccccc3)[C@H](O)C[C@@H]2O1.O=C1C[C@@H]2[C@@H](CC[C@@H](O)CCc3ccccc3)[C@H](O)C[C@@H]2O1. The number of esters is 2. The quantitative estimate of drug-likeness (QED) is 0.154. The van der Waals surface area contributed by atoms with Gasteiger partial charge < -0.3 is 29.9 Å². The summed E-state index contributed by atoms with van der Waals surface area (Å²) in [5.41, 5.74) is 2.43. The second kappa shape index (κ2) is 20.1. The fourth-order valence-corrected chi connectivity index (χ4v) is 7.39. The third-order valence-electron chi connectivity index (χ3n) is 9.83. The molecule has 0 radical (unpaired) electrons. The average Bonchev–Trinajstić information content (AvgIpc) is 3.76. The molecule has 4 aliphatic rings. The number of halogens is 3. The molecule has 2 aromatic carbocycles. The molecule has 2 aliphatic carbocycles. The van der Waals surface area contributed by atoms with Crippen LogP contribution in [0.2, 0.25) is 0 Å². The molecular weight excluding hydrogens is 941 g/mol. The molecule has 0 bridgehead atoms. The van der Waals surface area contributed by atoms with E-state index in [2.05, 4.69) is 49.4 Å². The average molecular weight is 987 g/mol. The summed E-state index contributed by atoms with van der Waals surface area (Å²) in [6.45, 7) is 0. The van der Waals surface area contributed by atoms with Gasteiger partial charge in [0.1, 0.15) is 12.2 Å². The molecule has 10 atom stereocenters. The van der Waals surface area contributed by atoms with Crippen LogP contribution in [0, 0.1) is 23.7 Å². The van der Waals surface area contributed by atoms with E-state index in [4.69, 9.17) is 9.47 Å². The molecule has 2 aromatic rings. The summed E-state index contributed by atoms with van der Waals surface area (Å²) in [7, 11) is 0. The van der Waals surface area contributed by atoms with Gasteiger partial charge in [-0.2, -0.15) is 0 Å². The van der Waals surface area contributed by atoms with E-state index in [0.717, 1.165) is 25.7 Å². The Hall–Kier alpha value is -0.850. The first-order valence-electron chi connectivity index (χ1n) is 16.4. The van der Waals surface area contributed by atoms with Gasteiger partial charge in [0, 0.05) is 30.6 Å². The standard InChI is InChI=1S/C18H24O4.C18H22O4.I3/c2*19-13(7-6-12-4-2-1-3-5-12)8-9-14-15-10-18(21)22-17(15)11-16(14)20;1-3-2/h1-5,13-17,19-20H,6-11H2;1-5,8-9,13-17,19-20H,6-7,10-11H2;/q;;-1/b;9-8+;/t2*13-,14+,15+,16+,17-;/m00./s1. The van der Waals surface area contributed by atoms with Crippen LogP contribution in [-0.2, 0) is 31.9 Å². The van der Waals surface area contributed by atoms with E-state index >= 15 is 0 Å². The van der Waals surface area contributed by atoms with E-state index in [1.54, 1.807) is 6.08 Å². The summed E-state index contributed by atoms with van der Waals surface area (Å²) >= 11 is 5.30. The van der Waals surface area contributed by atoms with Crippen LogP contribution in [0.4, 0.5) is 0 Å². The van der Waals surface area contributed by atoms with E-state index in [-0.39, 0.29) is 53.9 Å². The van der Waals surface area contributed by atoms with Crippen LogP contribution < -0.4 is 13.3 Å². The van der Waals surface area contributed by atoms with Crippen LogP contribution in [0.5, 0.6) is 0 Å². The van der Waals surface area contributed by atoms with Crippen molar-refractivity contribution in [2.45, 2.75) is 101 Å². The van der Waals surface area contributed by atoms with Gasteiger partial charge >= 0.3 is 62.4 Å². The molecule has 260 valence electrons. The van der Waals surface area contributed by atoms with Gasteiger partial charge in [0.15, 0.2) is 0 Å². The summed E-state index contributed by atoms with van der Waals surface area (Å²) in [5, 5.41) is 40.5. The van der Waals surface area contributed by atoms with Crippen molar-refractivity contribution in [2.24, 2.45) is 23.7 Å². The molecule has 4 N–H and O–H groups in total. The van der Waals surface area contributed by atoms with Crippen LogP contribution >= 0.6 is 37.2 Å². The number of hydrogen-bond donors (Lipinski definition) is 4. The molecule has 2 heterocycles. The number of carbonyl (C=O) groups is 2. The predicted molar refractivity (Wildman–Crippen MR) is 192 cm³/mol. The summed E-state index contributed by atoms with van der Waals surface area (Å²) in [4.78, 5) is 22.7. The minimum absolute atomic E-state index is 0.0556. The zero-order valence-electron chi connectivity index (χ0n) is 26.3. The first kappa shape index (κ1) is 38.9. The minimum atomic E-state index is -0.538. The van der Waals surface area contributed by atoms with Crippen LogP contribution in [0.15, 0.2) is 72.8 Å². The van der Waals surface area contributed by atoms with Crippen LogP contribution in [0.1, 0.15) is 62.5 Å². The zero-order chi connectivity index (χ0) is 33.8.